The molecule has 0 saturated heterocycles. The van der Waals surface area contributed by atoms with Crippen molar-refractivity contribution in [2.45, 2.75) is 63.6 Å². The summed E-state index contributed by atoms with van der Waals surface area (Å²) < 4.78 is 38.1. The molecule has 2 fully saturated rings. The predicted molar refractivity (Wildman–Crippen MR) is 74.6 cm³/mol. The Labute approximate surface area is 119 Å². The van der Waals surface area contributed by atoms with Crippen LogP contribution in [0.1, 0.15) is 51.4 Å². The number of alkyl halides is 3. The van der Waals surface area contributed by atoms with Crippen LogP contribution in [0.15, 0.2) is 0 Å². The van der Waals surface area contributed by atoms with Crippen LogP contribution in [0, 0.1) is 5.41 Å². The molecule has 2 rings (SSSR count). The Morgan fingerprint density at radius 2 is 1.63 bits per heavy atom. The molecule has 0 aromatic carbocycles. The van der Waals surface area contributed by atoms with Gasteiger partial charge in [0.05, 0.1) is 6.54 Å². The molecule has 19 heavy (non-hydrogen) atoms. The number of hydrogen-bond donors (Lipinski definition) is 1. The average molecular weight is 295 g/mol. The van der Waals surface area contributed by atoms with Gasteiger partial charge in [0.15, 0.2) is 0 Å². The standard InChI is InChI=1S/C14H24F3NS/c15-14(16,17)10-18(12-5-6-12)9-13(11-19)7-3-1-2-4-8-13/h12,19H,1-11H2. The Balaban J connectivity index is 2.00. The van der Waals surface area contributed by atoms with Gasteiger partial charge in [-0.05, 0) is 36.9 Å². The van der Waals surface area contributed by atoms with E-state index in [1.807, 2.05) is 0 Å². The summed E-state index contributed by atoms with van der Waals surface area (Å²) in [5.41, 5.74) is 0.00739. The van der Waals surface area contributed by atoms with Crippen molar-refractivity contribution in [3.63, 3.8) is 0 Å². The van der Waals surface area contributed by atoms with Crippen molar-refractivity contribution in [2.75, 3.05) is 18.8 Å². The molecular weight excluding hydrogens is 271 g/mol. The quantitative estimate of drug-likeness (QED) is 0.585. The molecule has 112 valence electrons. The maximum absolute atomic E-state index is 12.7. The summed E-state index contributed by atoms with van der Waals surface area (Å²) in [4.78, 5) is 1.68. The lowest BCUT2D eigenvalue weighted by atomic mass is 9.81. The van der Waals surface area contributed by atoms with Gasteiger partial charge in [0.25, 0.3) is 0 Å². The first kappa shape index (κ1) is 15.5. The maximum atomic E-state index is 12.7. The smallest absolute Gasteiger partial charge is 0.291 e. The van der Waals surface area contributed by atoms with Crippen LogP contribution in [0.25, 0.3) is 0 Å². The van der Waals surface area contributed by atoms with Crippen LogP contribution < -0.4 is 0 Å². The van der Waals surface area contributed by atoms with Gasteiger partial charge in [-0.1, -0.05) is 25.7 Å². The predicted octanol–water partition coefficient (Wildman–Crippen LogP) is 4.28. The minimum absolute atomic E-state index is 0.00739. The maximum Gasteiger partial charge on any atom is 0.401 e. The van der Waals surface area contributed by atoms with Gasteiger partial charge in [-0.25, -0.2) is 0 Å². The highest BCUT2D eigenvalue weighted by Crippen LogP contribution is 2.40. The number of nitrogens with zero attached hydrogens (tertiary/aromatic N) is 1. The molecule has 0 atom stereocenters. The van der Waals surface area contributed by atoms with Gasteiger partial charge in [-0.15, -0.1) is 0 Å². The lowest BCUT2D eigenvalue weighted by Crippen LogP contribution is -2.44. The summed E-state index contributed by atoms with van der Waals surface area (Å²) in [6.07, 6.45) is 4.59. The van der Waals surface area contributed by atoms with E-state index in [1.54, 1.807) is 4.90 Å². The number of hydrogen-bond acceptors (Lipinski definition) is 2. The molecule has 0 aromatic rings. The molecule has 0 heterocycles. The minimum atomic E-state index is -4.08. The van der Waals surface area contributed by atoms with E-state index in [4.69, 9.17) is 0 Å². The molecule has 0 aromatic heterocycles. The topological polar surface area (TPSA) is 3.24 Å². The van der Waals surface area contributed by atoms with Gasteiger partial charge in [-0.3, -0.25) is 4.90 Å². The zero-order chi connectivity index (χ0) is 13.9. The van der Waals surface area contributed by atoms with Crippen LogP contribution in [-0.2, 0) is 0 Å². The first-order valence-electron chi connectivity index (χ1n) is 7.36. The average Bonchev–Trinajstić information content (AvgIpc) is 3.14. The van der Waals surface area contributed by atoms with Crippen LogP contribution >= 0.6 is 12.6 Å². The van der Waals surface area contributed by atoms with Crippen molar-refractivity contribution in [2.24, 2.45) is 5.41 Å². The van der Waals surface area contributed by atoms with Gasteiger partial charge in [0, 0.05) is 12.6 Å². The van der Waals surface area contributed by atoms with E-state index in [0.29, 0.717) is 12.3 Å². The zero-order valence-corrected chi connectivity index (χ0v) is 12.3. The third kappa shape index (κ3) is 4.85. The summed E-state index contributed by atoms with van der Waals surface area (Å²) >= 11 is 4.46. The fourth-order valence-electron chi connectivity index (χ4n) is 3.26. The monoisotopic (exact) mass is 295 g/mol. The number of thiol groups is 1. The van der Waals surface area contributed by atoms with E-state index < -0.39 is 12.7 Å². The van der Waals surface area contributed by atoms with Gasteiger partial charge < -0.3 is 0 Å². The second kappa shape index (κ2) is 6.25. The molecule has 2 aliphatic rings. The fraction of sp³-hybridized carbons (Fsp3) is 1.00. The van der Waals surface area contributed by atoms with Crippen molar-refractivity contribution in [1.82, 2.24) is 4.90 Å². The van der Waals surface area contributed by atoms with E-state index >= 15 is 0 Å². The fourth-order valence-corrected chi connectivity index (χ4v) is 3.68. The number of rotatable bonds is 5. The Morgan fingerprint density at radius 1 is 1.05 bits per heavy atom. The minimum Gasteiger partial charge on any atom is -0.291 e. The van der Waals surface area contributed by atoms with Crippen LogP contribution in [0.4, 0.5) is 13.2 Å². The molecule has 0 bridgehead atoms. The Kier molecular flexibility index (Phi) is 5.09. The van der Waals surface area contributed by atoms with Crippen molar-refractivity contribution in [1.29, 1.82) is 0 Å². The zero-order valence-electron chi connectivity index (χ0n) is 11.4. The third-order valence-electron chi connectivity index (χ3n) is 4.48. The summed E-state index contributed by atoms with van der Waals surface area (Å²) in [6.45, 7) is -0.159. The Morgan fingerprint density at radius 3 is 2.05 bits per heavy atom. The van der Waals surface area contributed by atoms with Crippen LogP contribution in [0.2, 0.25) is 0 Å². The lowest BCUT2D eigenvalue weighted by Gasteiger charge is -2.37. The Hall–Kier alpha value is 0.100. The van der Waals surface area contributed by atoms with Crippen LogP contribution in [0.5, 0.6) is 0 Å². The molecule has 0 amide bonds. The second-order valence-corrected chi connectivity index (χ2v) is 6.64. The SMILES string of the molecule is FC(F)(F)CN(CC1(CS)CCCCCC1)C1CC1. The molecule has 0 unspecified atom stereocenters. The Bertz CT molecular complexity index is 281. The summed E-state index contributed by atoms with van der Waals surface area (Å²) in [5.74, 6) is 0.716. The molecule has 0 N–H and O–H groups in total. The van der Waals surface area contributed by atoms with Crippen molar-refractivity contribution >= 4 is 12.6 Å². The van der Waals surface area contributed by atoms with Crippen molar-refractivity contribution in [3.8, 4) is 0 Å². The molecule has 0 spiro atoms. The van der Waals surface area contributed by atoms with E-state index in [-0.39, 0.29) is 11.5 Å². The molecule has 0 radical (unpaired) electrons. The van der Waals surface area contributed by atoms with Gasteiger partial charge in [0.1, 0.15) is 0 Å². The summed E-state index contributed by atoms with van der Waals surface area (Å²) in [5, 5.41) is 0. The van der Waals surface area contributed by atoms with Crippen molar-refractivity contribution < 1.29 is 13.2 Å². The molecule has 1 nitrogen and oxygen atoms in total. The van der Waals surface area contributed by atoms with Crippen molar-refractivity contribution in [3.05, 3.63) is 0 Å². The summed E-state index contributed by atoms with van der Waals surface area (Å²) in [6, 6.07) is 0.168. The highest BCUT2D eigenvalue weighted by molar-refractivity contribution is 7.80. The second-order valence-electron chi connectivity index (χ2n) is 6.32. The van der Waals surface area contributed by atoms with E-state index in [2.05, 4.69) is 12.6 Å². The van der Waals surface area contributed by atoms with Gasteiger partial charge in [0.2, 0.25) is 0 Å². The highest BCUT2D eigenvalue weighted by Gasteiger charge is 2.42. The summed E-state index contributed by atoms with van der Waals surface area (Å²) in [7, 11) is 0. The molecule has 2 saturated carbocycles. The van der Waals surface area contributed by atoms with Gasteiger partial charge in [-0.2, -0.15) is 25.8 Å². The first-order valence-corrected chi connectivity index (χ1v) is 7.99. The molecular formula is C14H24F3NS. The lowest BCUT2D eigenvalue weighted by molar-refractivity contribution is -0.150. The van der Waals surface area contributed by atoms with E-state index in [1.165, 1.54) is 12.8 Å². The van der Waals surface area contributed by atoms with Gasteiger partial charge >= 0.3 is 6.18 Å². The third-order valence-corrected chi connectivity index (χ3v) is 5.15. The highest BCUT2D eigenvalue weighted by atomic mass is 32.1. The van der Waals surface area contributed by atoms with Crippen LogP contribution in [-0.4, -0.2) is 36.0 Å². The van der Waals surface area contributed by atoms with E-state index in [9.17, 15) is 13.2 Å². The largest absolute Gasteiger partial charge is 0.401 e. The normalized spacial score (nSPS) is 24.5. The number of halogens is 3. The molecule has 0 aliphatic heterocycles. The molecule has 5 heteroatoms. The first-order chi connectivity index (χ1) is 8.94. The van der Waals surface area contributed by atoms with E-state index in [0.717, 1.165) is 38.5 Å². The molecule has 2 aliphatic carbocycles. The van der Waals surface area contributed by atoms with Crippen LogP contribution in [0.3, 0.4) is 0 Å².